The van der Waals surface area contributed by atoms with Crippen LogP contribution in [0.25, 0.3) is 22.0 Å². The normalized spacial score (nSPS) is 10.8. The number of hydrogen-bond acceptors (Lipinski definition) is 7. The summed E-state index contributed by atoms with van der Waals surface area (Å²) in [5, 5.41) is 11.7. The van der Waals surface area contributed by atoms with Gasteiger partial charge in [0, 0.05) is 47.2 Å². The number of fused-ring (bicyclic) bond motifs is 1. The summed E-state index contributed by atoms with van der Waals surface area (Å²) >= 11 is 0. The van der Waals surface area contributed by atoms with Gasteiger partial charge < -0.3 is 25.9 Å². The zero-order valence-electron chi connectivity index (χ0n) is 21.2. The fourth-order valence-electron chi connectivity index (χ4n) is 4.26. The van der Waals surface area contributed by atoms with Crippen LogP contribution in [0.3, 0.4) is 0 Å². The molecule has 0 saturated carbocycles. The van der Waals surface area contributed by atoms with Crippen LogP contribution < -0.4 is 11.5 Å². The van der Waals surface area contributed by atoms with Crippen molar-refractivity contribution in [3.8, 4) is 16.9 Å². The van der Waals surface area contributed by atoms with Crippen molar-refractivity contribution in [2.24, 2.45) is 23.5 Å². The lowest BCUT2D eigenvalue weighted by atomic mass is 9.97. The number of benzene rings is 2. The first-order valence-electron chi connectivity index (χ1n) is 11.4. The van der Waals surface area contributed by atoms with Crippen molar-refractivity contribution < 1.29 is 23.1 Å². The molecule has 0 bridgehead atoms. The van der Waals surface area contributed by atoms with E-state index in [2.05, 4.69) is 9.98 Å². The van der Waals surface area contributed by atoms with E-state index in [-0.39, 0.29) is 71.4 Å². The first-order valence-corrected chi connectivity index (χ1v) is 13.1. The van der Waals surface area contributed by atoms with Crippen molar-refractivity contribution in [3.63, 3.8) is 0 Å². The van der Waals surface area contributed by atoms with E-state index < -0.39 is 21.6 Å². The van der Waals surface area contributed by atoms with E-state index in [1.807, 2.05) is 0 Å². The molecule has 0 atom stereocenters. The summed E-state index contributed by atoms with van der Waals surface area (Å²) in [7, 11) is -2.17. The molecule has 39 heavy (non-hydrogen) atoms. The number of ether oxygens (including phenoxy) is 1. The van der Waals surface area contributed by atoms with Crippen LogP contribution in [-0.4, -0.2) is 41.6 Å². The van der Waals surface area contributed by atoms with Crippen molar-refractivity contribution in [1.29, 1.82) is 0 Å². The molecule has 0 radical (unpaired) electrons. The van der Waals surface area contributed by atoms with Gasteiger partial charge in [0.15, 0.2) is 15.8 Å². The minimum atomic E-state index is -3.83. The van der Waals surface area contributed by atoms with Gasteiger partial charge in [0.25, 0.3) is 0 Å². The number of phenols is 1. The van der Waals surface area contributed by atoms with Crippen LogP contribution in [0.4, 0.5) is 0 Å². The molecule has 0 saturated heterocycles. The van der Waals surface area contributed by atoms with E-state index in [1.165, 1.54) is 12.1 Å². The number of guanidine groups is 1. The zero-order valence-corrected chi connectivity index (χ0v) is 23.6. The van der Waals surface area contributed by atoms with Crippen LogP contribution in [0, 0.1) is 0 Å². The number of aromatic nitrogens is 2. The number of pyridine rings is 1. The molecule has 2 aromatic carbocycles. The van der Waals surface area contributed by atoms with Gasteiger partial charge in [0.2, 0.25) is 0 Å². The summed E-state index contributed by atoms with van der Waals surface area (Å²) in [5.41, 5.74) is 13.2. The van der Waals surface area contributed by atoms with Crippen molar-refractivity contribution >= 4 is 57.5 Å². The Hall–Kier alpha value is -3.80. The van der Waals surface area contributed by atoms with E-state index in [0.29, 0.717) is 22.0 Å². The fraction of sp³-hybridized carbons (Fsp3) is 0.192. The maximum absolute atomic E-state index is 13.3. The highest BCUT2D eigenvalue weighted by atomic mass is 35.5. The van der Waals surface area contributed by atoms with E-state index in [9.17, 15) is 18.3 Å². The van der Waals surface area contributed by atoms with Crippen molar-refractivity contribution in [3.05, 3.63) is 77.7 Å². The van der Waals surface area contributed by atoms with Crippen LogP contribution in [0.5, 0.6) is 5.75 Å². The van der Waals surface area contributed by atoms with Crippen LogP contribution in [0.1, 0.15) is 28.5 Å². The van der Waals surface area contributed by atoms with Crippen LogP contribution in [-0.2, 0) is 33.9 Å². The Kier molecular flexibility index (Phi) is 10.3. The molecule has 0 fully saturated rings. The second kappa shape index (κ2) is 12.8. The summed E-state index contributed by atoms with van der Waals surface area (Å²) in [6.45, 7) is 1.57. The second-order valence-corrected chi connectivity index (χ2v) is 10.3. The number of aromatic hydroxyl groups is 1. The van der Waals surface area contributed by atoms with Crippen LogP contribution in [0.15, 0.2) is 70.8 Å². The minimum Gasteiger partial charge on any atom is -0.507 e. The molecule has 0 aliphatic rings. The third-order valence-corrected chi connectivity index (χ3v) is 7.63. The summed E-state index contributed by atoms with van der Waals surface area (Å²) in [6, 6.07) is 13.2. The van der Waals surface area contributed by atoms with Gasteiger partial charge in [-0.15, -0.1) is 24.8 Å². The molecule has 10 nitrogen and oxygen atoms in total. The molecule has 0 unspecified atom stereocenters. The quantitative estimate of drug-likeness (QED) is 0.158. The van der Waals surface area contributed by atoms with Gasteiger partial charge in [-0.05, 0) is 31.2 Å². The van der Waals surface area contributed by atoms with Gasteiger partial charge in [-0.25, -0.2) is 18.2 Å². The number of carbonyl (C=O) groups is 1. The molecule has 0 amide bonds. The number of carbonyl (C=O) groups excluding carboxylic acids is 1. The largest absolute Gasteiger partial charge is 0.507 e. The van der Waals surface area contributed by atoms with Gasteiger partial charge >= 0.3 is 5.97 Å². The smallest absolute Gasteiger partial charge is 0.340 e. The molecule has 208 valence electrons. The number of esters is 1. The summed E-state index contributed by atoms with van der Waals surface area (Å²) in [5.74, 6) is -1.55. The number of aryl methyl sites for hydroxylation is 1. The number of nitrogens with two attached hydrogens (primary N) is 2. The molecule has 4 rings (SSSR count). The Morgan fingerprint density at radius 1 is 1.13 bits per heavy atom. The molecule has 5 N–H and O–H groups in total. The van der Waals surface area contributed by atoms with Crippen molar-refractivity contribution in [1.82, 2.24) is 9.55 Å². The minimum absolute atomic E-state index is 0. The third kappa shape index (κ3) is 6.27. The molecule has 2 aromatic heterocycles. The highest BCUT2D eigenvalue weighted by Gasteiger charge is 2.30. The number of hydrogen-bond donors (Lipinski definition) is 3. The molecule has 0 aliphatic heterocycles. The van der Waals surface area contributed by atoms with E-state index >= 15 is 0 Å². The summed E-state index contributed by atoms with van der Waals surface area (Å²) in [6.07, 6.45) is 3.19. The lowest BCUT2D eigenvalue weighted by Gasteiger charge is -2.12. The number of nitrogens with zero attached hydrogens (tertiary/aromatic N) is 3. The Labute approximate surface area is 238 Å². The first-order chi connectivity index (χ1) is 17.7. The Bertz CT molecular complexity index is 1600. The number of rotatable bonds is 8. The topological polar surface area (TPSA) is 163 Å². The van der Waals surface area contributed by atoms with E-state index in [1.54, 1.807) is 67.3 Å². The molecule has 13 heteroatoms. The third-order valence-electron chi connectivity index (χ3n) is 5.99. The van der Waals surface area contributed by atoms with Crippen LogP contribution in [0.2, 0.25) is 0 Å². The Balaban J connectivity index is 0.00000267. The number of phenolic OH excluding ortho intramolecular Hbond substituents is 1. The summed E-state index contributed by atoms with van der Waals surface area (Å²) < 4.78 is 33.6. The lowest BCUT2D eigenvalue weighted by Crippen LogP contribution is -2.22. The number of halogens is 2. The average molecular weight is 595 g/mol. The molecule has 4 aromatic rings. The lowest BCUT2D eigenvalue weighted by molar-refractivity contribution is 0.0527. The van der Waals surface area contributed by atoms with Gasteiger partial charge in [0.1, 0.15) is 5.75 Å². The maximum Gasteiger partial charge on any atom is 0.340 e. The van der Waals surface area contributed by atoms with Crippen molar-refractivity contribution in [2.75, 3.05) is 6.61 Å². The van der Waals surface area contributed by atoms with E-state index in [0.717, 1.165) is 0 Å². The molecular weight excluding hydrogens is 565 g/mol. The fourth-order valence-corrected chi connectivity index (χ4v) is 5.70. The molecular formula is C26H29Cl2N5O5S. The predicted octanol–water partition coefficient (Wildman–Crippen LogP) is 3.71. The van der Waals surface area contributed by atoms with Crippen LogP contribution >= 0.6 is 24.8 Å². The Morgan fingerprint density at radius 2 is 1.82 bits per heavy atom. The van der Waals surface area contributed by atoms with Gasteiger partial charge in [-0.2, -0.15) is 0 Å². The van der Waals surface area contributed by atoms with Crippen molar-refractivity contribution in [2.45, 2.75) is 24.1 Å². The van der Waals surface area contributed by atoms with Gasteiger partial charge in [0.05, 0.1) is 34.9 Å². The predicted molar refractivity (Wildman–Crippen MR) is 155 cm³/mol. The zero-order chi connectivity index (χ0) is 26.7. The monoisotopic (exact) mass is 593 g/mol. The number of sulfone groups is 1. The first kappa shape index (κ1) is 31.4. The Morgan fingerprint density at radius 3 is 2.41 bits per heavy atom. The SMILES string of the molecule is CCOC(=O)c1c(CS(=O)(=O)c2ccccc2)n(C)c2cc(-c3cccnc3)c(O)c(CN=C(N)N)c12.Cl.Cl. The van der Waals surface area contributed by atoms with Gasteiger partial charge in [-0.1, -0.05) is 24.3 Å². The van der Waals surface area contributed by atoms with E-state index in [4.69, 9.17) is 16.2 Å². The standard InChI is InChI=1S/C26H27N5O5S.2ClH/c1-3-36-25(33)23-21(15-37(34,35)17-9-5-4-6-10-17)31(2)20-12-18(16-8-7-11-29-13-16)24(32)19(22(20)23)14-30-26(27)28;;/h4-13,32H,3,14-15H2,1-2H3,(H4,27,28,30);2*1H. The highest BCUT2D eigenvalue weighted by molar-refractivity contribution is 7.90. The highest BCUT2D eigenvalue weighted by Crippen LogP contribution is 2.42. The summed E-state index contributed by atoms with van der Waals surface area (Å²) in [4.78, 5) is 21.6. The molecule has 2 heterocycles. The molecule has 0 aliphatic carbocycles. The van der Waals surface area contributed by atoms with Gasteiger partial charge in [-0.3, -0.25) is 4.98 Å². The molecule has 0 spiro atoms. The number of aliphatic imine (C=N–C) groups is 1. The maximum atomic E-state index is 13.3. The average Bonchev–Trinajstić information content (AvgIpc) is 3.14. The second-order valence-electron chi connectivity index (χ2n) is 8.30.